The van der Waals surface area contributed by atoms with E-state index in [-0.39, 0.29) is 5.91 Å². The van der Waals surface area contributed by atoms with E-state index in [4.69, 9.17) is 17.3 Å². The number of rotatable bonds is 4. The van der Waals surface area contributed by atoms with Gasteiger partial charge in [-0.1, -0.05) is 23.7 Å². The third-order valence-electron chi connectivity index (χ3n) is 2.97. The van der Waals surface area contributed by atoms with Crippen LogP contribution >= 0.6 is 23.4 Å². The normalized spacial score (nSPS) is 18.6. The Bertz CT molecular complexity index is 495. The third kappa shape index (κ3) is 3.64. The number of hydrogen-bond acceptors (Lipinski definition) is 3. The van der Waals surface area contributed by atoms with Crippen LogP contribution in [0.15, 0.2) is 24.3 Å². The molecular formula is C13H15ClN2O2S. The molecule has 0 saturated carbocycles. The Balaban J connectivity index is 1.92. The van der Waals surface area contributed by atoms with Gasteiger partial charge in [-0.3, -0.25) is 9.59 Å². The number of carbonyl (C=O) groups is 2. The number of benzene rings is 1. The molecule has 2 amide bonds. The summed E-state index contributed by atoms with van der Waals surface area (Å²) in [5, 5.41) is 0.156. The molecule has 0 aromatic heterocycles. The highest BCUT2D eigenvalue weighted by Gasteiger charge is 2.32. The highest BCUT2D eigenvalue weighted by molar-refractivity contribution is 8.00. The molecule has 1 fully saturated rings. The number of nitrogens with two attached hydrogens (primary N) is 1. The molecule has 1 aromatic rings. The molecule has 0 spiro atoms. The third-order valence-corrected chi connectivity index (χ3v) is 4.43. The van der Waals surface area contributed by atoms with E-state index < -0.39 is 11.3 Å². The van der Waals surface area contributed by atoms with Crippen LogP contribution in [0.1, 0.15) is 12.0 Å². The van der Waals surface area contributed by atoms with Gasteiger partial charge in [-0.25, -0.2) is 0 Å². The van der Waals surface area contributed by atoms with Crippen LogP contribution in [0.25, 0.3) is 0 Å². The lowest BCUT2D eigenvalue weighted by atomic mass is 10.1. The molecule has 1 saturated heterocycles. The van der Waals surface area contributed by atoms with Crippen molar-refractivity contribution in [3.63, 3.8) is 0 Å². The Morgan fingerprint density at radius 2 is 2.26 bits per heavy atom. The van der Waals surface area contributed by atoms with Gasteiger partial charge in [-0.15, -0.1) is 11.8 Å². The smallest absolute Gasteiger partial charge is 0.250 e. The van der Waals surface area contributed by atoms with Gasteiger partial charge >= 0.3 is 0 Å². The van der Waals surface area contributed by atoms with Gasteiger partial charge in [0.15, 0.2) is 5.37 Å². The number of thioether (sulfide) groups is 1. The van der Waals surface area contributed by atoms with Crippen molar-refractivity contribution in [2.45, 2.75) is 18.2 Å². The number of carbonyl (C=O) groups excluding carboxylic acids is 2. The van der Waals surface area contributed by atoms with Crippen LogP contribution in [-0.4, -0.2) is 34.4 Å². The average Bonchev–Trinajstić information content (AvgIpc) is 2.85. The van der Waals surface area contributed by atoms with Gasteiger partial charge in [0, 0.05) is 23.7 Å². The Morgan fingerprint density at radius 1 is 1.47 bits per heavy atom. The molecule has 1 aromatic carbocycles. The first-order valence-corrected chi connectivity index (χ1v) is 7.45. The van der Waals surface area contributed by atoms with Crippen molar-refractivity contribution in [2.75, 3.05) is 12.3 Å². The van der Waals surface area contributed by atoms with Crippen molar-refractivity contribution < 1.29 is 9.59 Å². The fourth-order valence-corrected chi connectivity index (χ4v) is 3.35. The molecule has 102 valence electrons. The van der Waals surface area contributed by atoms with E-state index in [1.165, 1.54) is 11.8 Å². The van der Waals surface area contributed by atoms with Crippen LogP contribution in [-0.2, 0) is 16.0 Å². The molecule has 2 N–H and O–H groups in total. The predicted octanol–water partition coefficient (Wildman–Crippen LogP) is 1.66. The Kier molecular flexibility index (Phi) is 4.71. The number of aryl methyl sites for hydroxylation is 1. The SMILES string of the molecule is NC(=O)C1SCCN1C(=O)CCc1cccc(Cl)c1. The minimum absolute atomic E-state index is 0.0335. The summed E-state index contributed by atoms with van der Waals surface area (Å²) in [4.78, 5) is 24.9. The van der Waals surface area contributed by atoms with E-state index in [0.29, 0.717) is 24.4 Å². The Hall–Kier alpha value is -1.20. The summed E-state index contributed by atoms with van der Waals surface area (Å²) in [5.74, 6) is 0.281. The summed E-state index contributed by atoms with van der Waals surface area (Å²) in [6.45, 7) is 0.590. The maximum absolute atomic E-state index is 12.1. The highest BCUT2D eigenvalue weighted by Crippen LogP contribution is 2.24. The van der Waals surface area contributed by atoms with Gasteiger partial charge in [0.2, 0.25) is 5.91 Å². The van der Waals surface area contributed by atoms with E-state index in [0.717, 1.165) is 11.3 Å². The lowest BCUT2D eigenvalue weighted by Crippen LogP contribution is -2.42. The molecule has 19 heavy (non-hydrogen) atoms. The molecule has 0 radical (unpaired) electrons. The minimum atomic E-state index is -0.508. The summed E-state index contributed by atoms with van der Waals surface area (Å²) >= 11 is 7.31. The first kappa shape index (κ1) is 14.2. The predicted molar refractivity (Wildman–Crippen MR) is 76.9 cm³/mol. The number of hydrogen-bond donors (Lipinski definition) is 1. The summed E-state index contributed by atoms with van der Waals surface area (Å²) in [5.41, 5.74) is 6.30. The van der Waals surface area contributed by atoms with Crippen LogP contribution in [0.4, 0.5) is 0 Å². The molecule has 1 heterocycles. The van der Waals surface area contributed by atoms with E-state index in [9.17, 15) is 9.59 Å². The zero-order chi connectivity index (χ0) is 13.8. The summed E-state index contributed by atoms with van der Waals surface area (Å²) < 4.78 is 0. The van der Waals surface area contributed by atoms with Crippen LogP contribution in [0.2, 0.25) is 5.02 Å². The quantitative estimate of drug-likeness (QED) is 0.919. The van der Waals surface area contributed by atoms with Gasteiger partial charge in [0.25, 0.3) is 5.91 Å². The van der Waals surface area contributed by atoms with Crippen molar-refractivity contribution in [1.29, 1.82) is 0 Å². The standard InChI is InChI=1S/C13H15ClN2O2S/c14-10-3-1-2-9(8-10)4-5-11(17)16-6-7-19-13(16)12(15)18/h1-3,8,13H,4-7H2,(H2,15,18). The second kappa shape index (κ2) is 6.30. The topological polar surface area (TPSA) is 63.4 Å². The van der Waals surface area contributed by atoms with Crippen LogP contribution in [0.5, 0.6) is 0 Å². The number of nitrogens with zero attached hydrogens (tertiary/aromatic N) is 1. The lowest BCUT2D eigenvalue weighted by molar-refractivity contribution is -0.135. The van der Waals surface area contributed by atoms with Crippen LogP contribution in [0.3, 0.4) is 0 Å². The summed E-state index contributed by atoms with van der Waals surface area (Å²) in [6.07, 6.45) is 0.983. The van der Waals surface area contributed by atoms with Crippen LogP contribution in [0, 0.1) is 0 Å². The van der Waals surface area contributed by atoms with Gasteiger partial charge in [0.05, 0.1) is 0 Å². The van der Waals surface area contributed by atoms with Crippen molar-refractivity contribution in [3.8, 4) is 0 Å². The van der Waals surface area contributed by atoms with E-state index in [1.807, 2.05) is 18.2 Å². The number of amides is 2. The zero-order valence-corrected chi connectivity index (χ0v) is 11.9. The maximum atomic E-state index is 12.1. The number of halogens is 1. The second-order valence-corrected chi connectivity index (χ2v) is 5.97. The monoisotopic (exact) mass is 298 g/mol. The van der Waals surface area contributed by atoms with Gasteiger partial charge in [-0.2, -0.15) is 0 Å². The molecule has 6 heteroatoms. The van der Waals surface area contributed by atoms with Crippen LogP contribution < -0.4 is 5.73 Å². The summed E-state index contributed by atoms with van der Waals surface area (Å²) in [7, 11) is 0. The van der Waals surface area contributed by atoms with E-state index >= 15 is 0 Å². The second-order valence-electron chi connectivity index (χ2n) is 4.34. The molecule has 4 nitrogen and oxygen atoms in total. The molecular weight excluding hydrogens is 284 g/mol. The zero-order valence-electron chi connectivity index (χ0n) is 10.3. The summed E-state index contributed by atoms with van der Waals surface area (Å²) in [6, 6.07) is 7.44. The first-order chi connectivity index (χ1) is 9.08. The number of primary amides is 1. The first-order valence-electron chi connectivity index (χ1n) is 6.03. The van der Waals surface area contributed by atoms with Gasteiger partial charge in [0.1, 0.15) is 0 Å². The maximum Gasteiger partial charge on any atom is 0.250 e. The molecule has 1 aliphatic heterocycles. The molecule has 0 aliphatic carbocycles. The molecule has 1 unspecified atom stereocenters. The van der Waals surface area contributed by atoms with E-state index in [2.05, 4.69) is 0 Å². The van der Waals surface area contributed by atoms with Gasteiger partial charge < -0.3 is 10.6 Å². The van der Waals surface area contributed by atoms with Crippen molar-refractivity contribution in [1.82, 2.24) is 4.90 Å². The van der Waals surface area contributed by atoms with Crippen molar-refractivity contribution in [3.05, 3.63) is 34.9 Å². The van der Waals surface area contributed by atoms with E-state index in [1.54, 1.807) is 11.0 Å². The average molecular weight is 299 g/mol. The molecule has 1 aliphatic rings. The fourth-order valence-electron chi connectivity index (χ4n) is 2.05. The van der Waals surface area contributed by atoms with Crippen molar-refractivity contribution >= 4 is 35.2 Å². The largest absolute Gasteiger partial charge is 0.367 e. The minimum Gasteiger partial charge on any atom is -0.367 e. The highest BCUT2D eigenvalue weighted by atomic mass is 35.5. The fraction of sp³-hybridized carbons (Fsp3) is 0.385. The Labute approximate surface area is 121 Å². The molecule has 1 atom stereocenters. The van der Waals surface area contributed by atoms with Crippen molar-refractivity contribution in [2.24, 2.45) is 5.73 Å². The molecule has 2 rings (SSSR count). The van der Waals surface area contributed by atoms with Gasteiger partial charge in [-0.05, 0) is 24.1 Å². The lowest BCUT2D eigenvalue weighted by Gasteiger charge is -2.21. The Morgan fingerprint density at radius 3 is 2.95 bits per heavy atom. The molecule has 0 bridgehead atoms.